The highest BCUT2D eigenvalue weighted by Gasteiger charge is 2.29. The summed E-state index contributed by atoms with van der Waals surface area (Å²) in [6, 6.07) is 0. The fourth-order valence-corrected chi connectivity index (χ4v) is 3.02. The monoisotopic (exact) mass is 278 g/mol. The van der Waals surface area contributed by atoms with E-state index >= 15 is 0 Å². The van der Waals surface area contributed by atoms with Gasteiger partial charge in [-0.25, -0.2) is 0 Å². The lowest BCUT2D eigenvalue weighted by Crippen LogP contribution is -2.29. The third-order valence-corrected chi connectivity index (χ3v) is 4.18. The number of nitrogens with one attached hydrogen (secondary N) is 1. The van der Waals surface area contributed by atoms with Crippen LogP contribution in [-0.2, 0) is 17.8 Å². The van der Waals surface area contributed by atoms with Crippen LogP contribution in [0.5, 0.6) is 0 Å². The van der Waals surface area contributed by atoms with Crippen molar-refractivity contribution >= 4 is 5.91 Å². The Hall–Kier alpha value is -1.40. The number of ether oxygens (including phenoxy) is 1. The molecule has 0 spiro atoms. The Bertz CT molecular complexity index is 491. The number of fused-ring (bicyclic) bond motifs is 1. The summed E-state index contributed by atoms with van der Waals surface area (Å²) in [5.41, 5.74) is 2.76. The van der Waals surface area contributed by atoms with Crippen molar-refractivity contribution in [1.29, 1.82) is 0 Å². The van der Waals surface area contributed by atoms with Gasteiger partial charge in [0.15, 0.2) is 5.69 Å². The van der Waals surface area contributed by atoms with E-state index in [1.54, 1.807) is 19.0 Å². The number of H-pyrrole nitrogens is 1. The summed E-state index contributed by atoms with van der Waals surface area (Å²) >= 11 is 0. The average molecular weight is 278 g/mol. The van der Waals surface area contributed by atoms with Crippen LogP contribution >= 0.6 is 0 Å². The van der Waals surface area contributed by atoms with Crippen molar-refractivity contribution in [3.63, 3.8) is 0 Å². The molecule has 6 nitrogen and oxygen atoms in total. The summed E-state index contributed by atoms with van der Waals surface area (Å²) in [6.07, 6.45) is 2.29. The Kier molecular flexibility index (Phi) is 3.76. The maximum absolute atomic E-state index is 12.1. The first-order chi connectivity index (χ1) is 9.65. The second-order valence-corrected chi connectivity index (χ2v) is 5.95. The first-order valence-electron chi connectivity index (χ1n) is 7.23. The summed E-state index contributed by atoms with van der Waals surface area (Å²) < 4.78 is 5.40. The van der Waals surface area contributed by atoms with Gasteiger partial charge in [-0.05, 0) is 18.8 Å². The molecule has 0 radical (unpaired) electrons. The Morgan fingerprint density at radius 2 is 2.15 bits per heavy atom. The number of carbonyl (C=O) groups excluding carboxylic acids is 1. The van der Waals surface area contributed by atoms with E-state index in [0.29, 0.717) is 11.6 Å². The second kappa shape index (κ2) is 5.54. The molecule has 3 heterocycles. The molecule has 2 aliphatic heterocycles. The highest BCUT2D eigenvalue weighted by atomic mass is 16.5. The van der Waals surface area contributed by atoms with Gasteiger partial charge in [-0.3, -0.25) is 14.8 Å². The molecule has 0 aliphatic carbocycles. The number of aromatic amines is 1. The second-order valence-electron chi connectivity index (χ2n) is 5.95. The first-order valence-corrected chi connectivity index (χ1v) is 7.23. The van der Waals surface area contributed by atoms with E-state index in [4.69, 9.17) is 4.74 Å². The van der Waals surface area contributed by atoms with Gasteiger partial charge in [0.25, 0.3) is 5.91 Å². The molecule has 2 aliphatic rings. The molecule has 0 saturated carbocycles. The summed E-state index contributed by atoms with van der Waals surface area (Å²) in [7, 11) is 3.52. The molecule has 1 aromatic rings. The van der Waals surface area contributed by atoms with Gasteiger partial charge >= 0.3 is 0 Å². The largest absolute Gasteiger partial charge is 0.381 e. The van der Waals surface area contributed by atoms with Crippen molar-refractivity contribution in [2.24, 2.45) is 5.92 Å². The molecule has 1 N–H and O–H groups in total. The van der Waals surface area contributed by atoms with Gasteiger partial charge in [-0.15, -0.1) is 0 Å². The quantitative estimate of drug-likeness (QED) is 0.890. The van der Waals surface area contributed by atoms with Gasteiger partial charge < -0.3 is 9.64 Å². The normalized spacial score (nSPS) is 20.1. The van der Waals surface area contributed by atoms with E-state index in [1.165, 1.54) is 0 Å². The van der Waals surface area contributed by atoms with Crippen molar-refractivity contribution in [3.8, 4) is 0 Å². The Labute approximate surface area is 119 Å². The lowest BCUT2D eigenvalue weighted by Gasteiger charge is -2.26. The topological polar surface area (TPSA) is 61.5 Å². The van der Waals surface area contributed by atoms with Crippen LogP contribution in [0.2, 0.25) is 0 Å². The van der Waals surface area contributed by atoms with E-state index < -0.39 is 0 Å². The maximum Gasteiger partial charge on any atom is 0.274 e. The van der Waals surface area contributed by atoms with Crippen LogP contribution in [0, 0.1) is 5.92 Å². The molecule has 0 unspecified atom stereocenters. The number of hydrogen-bond donors (Lipinski definition) is 1. The molecule has 20 heavy (non-hydrogen) atoms. The molecule has 0 bridgehead atoms. The Morgan fingerprint density at radius 3 is 2.85 bits per heavy atom. The minimum Gasteiger partial charge on any atom is -0.381 e. The van der Waals surface area contributed by atoms with Gasteiger partial charge in [0.05, 0.1) is 5.69 Å². The zero-order valence-corrected chi connectivity index (χ0v) is 12.2. The van der Waals surface area contributed by atoms with Crippen LogP contribution in [0.1, 0.15) is 34.6 Å². The van der Waals surface area contributed by atoms with E-state index in [9.17, 15) is 4.79 Å². The van der Waals surface area contributed by atoms with Crippen molar-refractivity contribution in [2.75, 3.05) is 33.9 Å². The number of rotatable bonds is 3. The van der Waals surface area contributed by atoms with Crippen molar-refractivity contribution in [1.82, 2.24) is 20.0 Å². The van der Waals surface area contributed by atoms with Crippen LogP contribution in [0.3, 0.4) is 0 Å². The van der Waals surface area contributed by atoms with E-state index in [-0.39, 0.29) is 5.91 Å². The molecule has 0 aromatic carbocycles. The average Bonchev–Trinajstić information content (AvgIpc) is 2.98. The molecule has 1 fully saturated rings. The lowest BCUT2D eigenvalue weighted by atomic mass is 10.00. The molecule has 0 atom stereocenters. The van der Waals surface area contributed by atoms with Crippen LogP contribution in [-0.4, -0.2) is 59.8 Å². The van der Waals surface area contributed by atoms with Crippen LogP contribution in [0.25, 0.3) is 0 Å². The third kappa shape index (κ3) is 2.58. The van der Waals surface area contributed by atoms with Crippen LogP contribution in [0.15, 0.2) is 0 Å². The first kappa shape index (κ1) is 13.6. The third-order valence-electron chi connectivity index (χ3n) is 4.18. The van der Waals surface area contributed by atoms with Crippen LogP contribution < -0.4 is 0 Å². The van der Waals surface area contributed by atoms with Crippen molar-refractivity contribution in [2.45, 2.75) is 25.9 Å². The lowest BCUT2D eigenvalue weighted by molar-refractivity contribution is 0.0518. The minimum absolute atomic E-state index is 0.0181. The zero-order chi connectivity index (χ0) is 14.1. The van der Waals surface area contributed by atoms with Gasteiger partial charge in [-0.1, -0.05) is 0 Å². The smallest absolute Gasteiger partial charge is 0.274 e. The highest BCUT2D eigenvalue weighted by Crippen LogP contribution is 2.27. The highest BCUT2D eigenvalue weighted by molar-refractivity contribution is 5.93. The van der Waals surface area contributed by atoms with Crippen molar-refractivity contribution in [3.05, 3.63) is 17.0 Å². The van der Waals surface area contributed by atoms with Crippen molar-refractivity contribution < 1.29 is 9.53 Å². The summed E-state index contributed by atoms with van der Waals surface area (Å²) in [6.45, 7) is 4.56. The fourth-order valence-electron chi connectivity index (χ4n) is 3.02. The fraction of sp³-hybridized carbons (Fsp3) is 0.714. The summed E-state index contributed by atoms with van der Waals surface area (Å²) in [4.78, 5) is 16.1. The molecule has 1 aromatic heterocycles. The number of aromatic nitrogens is 2. The Balaban J connectivity index is 1.65. The van der Waals surface area contributed by atoms with Gasteiger partial charge in [0.1, 0.15) is 0 Å². The predicted octanol–water partition coefficient (Wildman–Crippen LogP) is 0.854. The minimum atomic E-state index is -0.0181. The molecular formula is C14H22N4O2. The van der Waals surface area contributed by atoms with E-state index in [2.05, 4.69) is 15.1 Å². The molecule has 6 heteroatoms. The Morgan fingerprint density at radius 1 is 1.40 bits per heavy atom. The molecule has 110 valence electrons. The molecular weight excluding hydrogens is 256 g/mol. The summed E-state index contributed by atoms with van der Waals surface area (Å²) in [5, 5.41) is 7.20. The summed E-state index contributed by atoms with van der Waals surface area (Å²) in [5.74, 6) is 0.698. The maximum atomic E-state index is 12.1. The predicted molar refractivity (Wildman–Crippen MR) is 74.3 cm³/mol. The van der Waals surface area contributed by atoms with E-state index in [1.807, 2.05) is 0 Å². The number of hydrogen-bond acceptors (Lipinski definition) is 4. The van der Waals surface area contributed by atoms with Gasteiger partial charge in [0, 0.05) is 52.5 Å². The molecule has 1 amide bonds. The number of amides is 1. The van der Waals surface area contributed by atoms with E-state index in [0.717, 1.165) is 56.9 Å². The zero-order valence-electron chi connectivity index (χ0n) is 12.2. The molecule has 3 rings (SSSR count). The standard InChI is InChI=1S/C14H22N4O2/c1-17(2)14(19)13-11-8-18(9-12(11)15-16-13)7-10-3-5-20-6-4-10/h10H,3-9H2,1-2H3,(H,15,16). The molecule has 1 saturated heterocycles. The van der Waals surface area contributed by atoms with Crippen LogP contribution in [0.4, 0.5) is 0 Å². The number of nitrogens with zero attached hydrogens (tertiary/aromatic N) is 3. The number of carbonyl (C=O) groups is 1. The SMILES string of the molecule is CN(C)C(=O)c1n[nH]c2c1CN(CC1CCOCC1)C2. The van der Waals surface area contributed by atoms with Gasteiger partial charge in [-0.2, -0.15) is 5.10 Å². The van der Waals surface area contributed by atoms with Gasteiger partial charge in [0.2, 0.25) is 0 Å².